The Morgan fingerprint density at radius 1 is 1.28 bits per heavy atom. The topological polar surface area (TPSA) is 68.2 Å². The van der Waals surface area contributed by atoms with Crippen molar-refractivity contribution < 1.29 is 19.1 Å². The van der Waals surface area contributed by atoms with E-state index in [1.807, 2.05) is 4.90 Å². The number of ether oxygens (including phenoxy) is 2. The molecular formula is C12H20N2O4. The maximum Gasteiger partial charge on any atom is 0.373 e. The highest BCUT2D eigenvalue weighted by Crippen LogP contribution is 2.06. The van der Waals surface area contributed by atoms with E-state index in [-0.39, 0.29) is 11.9 Å². The van der Waals surface area contributed by atoms with E-state index in [1.54, 1.807) is 13.8 Å². The molecule has 0 aromatic carbocycles. The van der Waals surface area contributed by atoms with Crippen LogP contribution in [0.15, 0.2) is 4.99 Å². The molecule has 0 unspecified atom stereocenters. The molecule has 0 spiro atoms. The molecule has 0 amide bonds. The second-order valence-corrected chi connectivity index (χ2v) is 3.82. The molecule has 0 radical (unpaired) electrons. The van der Waals surface area contributed by atoms with Crippen molar-refractivity contribution in [1.82, 2.24) is 4.90 Å². The third-order valence-electron chi connectivity index (χ3n) is 2.50. The average molecular weight is 256 g/mol. The zero-order valence-electron chi connectivity index (χ0n) is 11.0. The summed E-state index contributed by atoms with van der Waals surface area (Å²) in [7, 11) is 0. The van der Waals surface area contributed by atoms with Gasteiger partial charge in [0.1, 0.15) is 0 Å². The molecule has 1 aliphatic rings. The van der Waals surface area contributed by atoms with Crippen LogP contribution in [-0.2, 0) is 19.1 Å². The van der Waals surface area contributed by atoms with Crippen molar-refractivity contribution in [1.29, 1.82) is 0 Å². The normalized spacial score (nSPS) is 14.3. The number of carbonyl (C=O) groups is 2. The van der Waals surface area contributed by atoms with Crippen molar-refractivity contribution in [2.75, 3.05) is 32.8 Å². The summed E-state index contributed by atoms with van der Waals surface area (Å²) >= 11 is 0. The number of hydrogen-bond acceptors (Lipinski definition) is 6. The third kappa shape index (κ3) is 4.35. The van der Waals surface area contributed by atoms with E-state index >= 15 is 0 Å². The van der Waals surface area contributed by atoms with Crippen LogP contribution in [0.5, 0.6) is 0 Å². The Balaban J connectivity index is 2.32. The summed E-state index contributed by atoms with van der Waals surface area (Å²) in [5.41, 5.74) is 0. The van der Waals surface area contributed by atoms with Gasteiger partial charge in [0, 0.05) is 19.5 Å². The van der Waals surface area contributed by atoms with Gasteiger partial charge < -0.3 is 14.4 Å². The highest BCUT2D eigenvalue weighted by atomic mass is 16.5. The second-order valence-electron chi connectivity index (χ2n) is 3.82. The zero-order valence-corrected chi connectivity index (χ0v) is 11.0. The van der Waals surface area contributed by atoms with Gasteiger partial charge in [-0.1, -0.05) is 0 Å². The molecule has 1 heterocycles. The Hall–Kier alpha value is -1.59. The monoisotopic (exact) mass is 256 g/mol. The highest BCUT2D eigenvalue weighted by Gasteiger charge is 2.24. The number of nitrogens with zero attached hydrogens (tertiary/aromatic N) is 2. The molecule has 0 saturated heterocycles. The van der Waals surface area contributed by atoms with E-state index in [9.17, 15) is 9.59 Å². The lowest BCUT2D eigenvalue weighted by Gasteiger charge is -2.18. The Labute approximate surface area is 107 Å². The number of aliphatic imine (C=N–C) groups is 1. The van der Waals surface area contributed by atoms with Gasteiger partial charge in [0.15, 0.2) is 0 Å². The van der Waals surface area contributed by atoms with Gasteiger partial charge in [0.2, 0.25) is 5.84 Å². The summed E-state index contributed by atoms with van der Waals surface area (Å²) in [6.07, 6.45) is 1.01. The molecule has 0 N–H and O–H groups in total. The quantitative estimate of drug-likeness (QED) is 0.624. The molecule has 0 aromatic rings. The van der Waals surface area contributed by atoms with Gasteiger partial charge in [0.05, 0.1) is 19.8 Å². The number of hydrogen-bond donors (Lipinski definition) is 0. The fourth-order valence-electron chi connectivity index (χ4n) is 1.74. The van der Waals surface area contributed by atoms with Crippen LogP contribution in [0.1, 0.15) is 26.7 Å². The predicted octanol–water partition coefficient (Wildman–Crippen LogP) is 0.607. The van der Waals surface area contributed by atoms with E-state index in [4.69, 9.17) is 9.47 Å². The SMILES string of the molecule is CCOC(=O)CCCN1CCN=C1C(=O)OCC. The van der Waals surface area contributed by atoms with Crippen LogP contribution in [0.3, 0.4) is 0 Å². The third-order valence-corrected chi connectivity index (χ3v) is 2.50. The van der Waals surface area contributed by atoms with Crippen LogP contribution >= 0.6 is 0 Å². The van der Waals surface area contributed by atoms with Gasteiger partial charge >= 0.3 is 11.9 Å². The van der Waals surface area contributed by atoms with Gasteiger partial charge in [-0.3, -0.25) is 9.79 Å². The maximum atomic E-state index is 11.6. The molecular weight excluding hydrogens is 236 g/mol. The first-order valence-electron chi connectivity index (χ1n) is 6.31. The van der Waals surface area contributed by atoms with Crippen molar-refractivity contribution in [3.63, 3.8) is 0 Å². The fourth-order valence-corrected chi connectivity index (χ4v) is 1.74. The summed E-state index contributed by atoms with van der Waals surface area (Å²) in [5, 5.41) is 0. The smallest absolute Gasteiger partial charge is 0.373 e. The van der Waals surface area contributed by atoms with Crippen LogP contribution in [-0.4, -0.2) is 55.5 Å². The van der Waals surface area contributed by atoms with Crippen LogP contribution in [0.2, 0.25) is 0 Å². The fraction of sp³-hybridized carbons (Fsp3) is 0.750. The largest absolute Gasteiger partial charge is 0.466 e. The minimum absolute atomic E-state index is 0.202. The van der Waals surface area contributed by atoms with Crippen LogP contribution < -0.4 is 0 Å². The summed E-state index contributed by atoms with van der Waals surface area (Å²) in [5.74, 6) is -0.210. The van der Waals surface area contributed by atoms with E-state index in [0.29, 0.717) is 51.5 Å². The van der Waals surface area contributed by atoms with Gasteiger partial charge in [-0.05, 0) is 20.3 Å². The number of amidine groups is 1. The average Bonchev–Trinajstić information content (AvgIpc) is 2.78. The van der Waals surface area contributed by atoms with E-state index in [1.165, 1.54) is 0 Å². The molecule has 0 saturated carbocycles. The minimum Gasteiger partial charge on any atom is -0.466 e. The molecule has 1 rings (SSSR count). The summed E-state index contributed by atoms with van der Waals surface area (Å²) < 4.78 is 9.76. The van der Waals surface area contributed by atoms with E-state index in [0.717, 1.165) is 0 Å². The molecule has 0 bridgehead atoms. The van der Waals surface area contributed by atoms with Gasteiger partial charge in [0.25, 0.3) is 0 Å². The Morgan fingerprint density at radius 3 is 2.67 bits per heavy atom. The van der Waals surface area contributed by atoms with E-state index in [2.05, 4.69) is 4.99 Å². The molecule has 6 heteroatoms. The Morgan fingerprint density at radius 2 is 2.00 bits per heavy atom. The first-order valence-corrected chi connectivity index (χ1v) is 6.31. The molecule has 1 aliphatic heterocycles. The Kier molecular flexibility index (Phi) is 6.18. The second kappa shape index (κ2) is 7.68. The molecule has 0 aliphatic carbocycles. The lowest BCUT2D eigenvalue weighted by Crippen LogP contribution is -2.35. The lowest BCUT2D eigenvalue weighted by molar-refractivity contribution is -0.143. The molecule has 0 atom stereocenters. The standard InChI is InChI=1S/C12H20N2O4/c1-3-17-10(15)6-5-8-14-9-7-13-11(14)12(16)18-4-2/h3-9H2,1-2H3. The Bertz CT molecular complexity index is 328. The van der Waals surface area contributed by atoms with Gasteiger partial charge in [-0.2, -0.15) is 0 Å². The van der Waals surface area contributed by atoms with E-state index < -0.39 is 0 Å². The van der Waals surface area contributed by atoms with Gasteiger partial charge in [-0.25, -0.2) is 4.79 Å². The molecule has 6 nitrogen and oxygen atoms in total. The van der Waals surface area contributed by atoms with Crippen LogP contribution in [0.25, 0.3) is 0 Å². The van der Waals surface area contributed by atoms with Crippen molar-refractivity contribution >= 4 is 17.8 Å². The number of rotatable bonds is 7. The van der Waals surface area contributed by atoms with Crippen molar-refractivity contribution in [2.24, 2.45) is 4.99 Å². The first-order chi connectivity index (χ1) is 8.69. The molecule has 18 heavy (non-hydrogen) atoms. The molecule has 0 fully saturated rings. The first kappa shape index (κ1) is 14.5. The lowest BCUT2D eigenvalue weighted by atomic mass is 10.3. The maximum absolute atomic E-state index is 11.6. The van der Waals surface area contributed by atoms with Gasteiger partial charge in [-0.15, -0.1) is 0 Å². The number of carbonyl (C=O) groups excluding carboxylic acids is 2. The number of esters is 2. The van der Waals surface area contributed by atoms with Crippen LogP contribution in [0, 0.1) is 0 Å². The predicted molar refractivity (Wildman–Crippen MR) is 66.4 cm³/mol. The minimum atomic E-state index is -0.383. The molecule has 102 valence electrons. The highest BCUT2D eigenvalue weighted by molar-refractivity contribution is 6.35. The van der Waals surface area contributed by atoms with Crippen molar-refractivity contribution in [2.45, 2.75) is 26.7 Å². The zero-order chi connectivity index (χ0) is 13.4. The van der Waals surface area contributed by atoms with Crippen LogP contribution in [0.4, 0.5) is 0 Å². The summed E-state index contributed by atoms with van der Waals surface area (Å²) in [4.78, 5) is 28.7. The summed E-state index contributed by atoms with van der Waals surface area (Å²) in [6, 6.07) is 0. The molecule has 0 aromatic heterocycles. The van der Waals surface area contributed by atoms with Crippen molar-refractivity contribution in [3.05, 3.63) is 0 Å². The van der Waals surface area contributed by atoms with Crippen molar-refractivity contribution in [3.8, 4) is 0 Å². The summed E-state index contributed by atoms with van der Waals surface area (Å²) in [6.45, 7) is 6.22.